The topological polar surface area (TPSA) is 85.3 Å². The summed E-state index contributed by atoms with van der Waals surface area (Å²) in [5.74, 6) is 0.807. The fourth-order valence-corrected chi connectivity index (χ4v) is 5.93. The van der Waals surface area contributed by atoms with E-state index >= 15 is 0 Å². The Balaban J connectivity index is 1.60. The normalized spacial score (nSPS) is 16.0. The van der Waals surface area contributed by atoms with Crippen LogP contribution in [0.2, 0.25) is 0 Å². The number of thioether (sulfide) groups is 1. The zero-order chi connectivity index (χ0) is 26.4. The van der Waals surface area contributed by atoms with Crippen molar-refractivity contribution in [2.24, 2.45) is 4.40 Å². The third kappa shape index (κ3) is 6.23. The van der Waals surface area contributed by atoms with Crippen molar-refractivity contribution in [3.8, 4) is 11.5 Å². The summed E-state index contributed by atoms with van der Waals surface area (Å²) in [5, 5.41) is 0.132. The Bertz CT molecular complexity index is 1430. The summed E-state index contributed by atoms with van der Waals surface area (Å²) in [7, 11) is -2.40. The highest BCUT2D eigenvalue weighted by molar-refractivity contribution is 8.19. The third-order valence-corrected chi connectivity index (χ3v) is 8.16. The van der Waals surface area contributed by atoms with Crippen molar-refractivity contribution in [3.63, 3.8) is 0 Å². The van der Waals surface area contributed by atoms with Gasteiger partial charge < -0.3 is 9.47 Å². The van der Waals surface area contributed by atoms with Crippen LogP contribution in [-0.4, -0.2) is 38.0 Å². The van der Waals surface area contributed by atoms with E-state index in [1.807, 2.05) is 43.3 Å². The first-order valence-corrected chi connectivity index (χ1v) is 14.1. The molecule has 192 valence electrons. The Kier molecular flexibility index (Phi) is 8.35. The van der Waals surface area contributed by atoms with Crippen molar-refractivity contribution in [3.05, 3.63) is 94.4 Å². The van der Waals surface area contributed by atoms with Crippen molar-refractivity contribution >= 4 is 38.9 Å². The number of rotatable bonds is 9. The van der Waals surface area contributed by atoms with Crippen LogP contribution in [0.3, 0.4) is 0 Å². The number of carbonyl (C=O) groups excluding carboxylic acids is 1. The summed E-state index contributed by atoms with van der Waals surface area (Å²) >= 11 is 1.04. The molecule has 1 amide bonds. The third-order valence-electron chi connectivity index (χ3n) is 5.75. The van der Waals surface area contributed by atoms with Gasteiger partial charge in [0.1, 0.15) is 6.61 Å². The summed E-state index contributed by atoms with van der Waals surface area (Å²) < 4.78 is 41.3. The lowest BCUT2D eigenvalue weighted by Gasteiger charge is -2.12. The number of amidine groups is 1. The molecule has 0 aromatic heterocycles. The molecule has 9 heteroatoms. The van der Waals surface area contributed by atoms with Crippen LogP contribution >= 0.6 is 11.8 Å². The molecule has 0 radical (unpaired) electrons. The Labute approximate surface area is 221 Å². The molecule has 0 unspecified atom stereocenters. The highest BCUT2D eigenvalue weighted by Crippen LogP contribution is 2.35. The van der Waals surface area contributed by atoms with Gasteiger partial charge >= 0.3 is 0 Å². The lowest BCUT2D eigenvalue weighted by molar-refractivity contribution is -0.122. The summed E-state index contributed by atoms with van der Waals surface area (Å²) in [6.07, 6.45) is 2.51. The summed E-state index contributed by atoms with van der Waals surface area (Å²) in [4.78, 5) is 14.9. The minimum atomic E-state index is -3.97. The minimum absolute atomic E-state index is 0.0918. The van der Waals surface area contributed by atoms with Gasteiger partial charge in [0.05, 0.1) is 16.9 Å². The number of nitrogens with zero attached hydrogens (tertiary/aromatic N) is 2. The van der Waals surface area contributed by atoms with Gasteiger partial charge in [0.15, 0.2) is 16.7 Å². The number of likely N-dealkylation sites (N-methyl/N-ethyl adjacent to an activating group) is 1. The van der Waals surface area contributed by atoms with Crippen LogP contribution < -0.4 is 9.47 Å². The number of amides is 1. The van der Waals surface area contributed by atoms with E-state index < -0.39 is 10.0 Å². The first-order chi connectivity index (χ1) is 17.8. The van der Waals surface area contributed by atoms with Crippen molar-refractivity contribution in [2.45, 2.75) is 31.8 Å². The maximum atomic E-state index is 13.1. The SMILES string of the molecule is CCc1ccc(S(=O)(=O)/N=C2/S/C(=C\c3ccc(OC)c(OCc4ccccc4)c3)C(=O)N2CC)cc1. The molecule has 1 aliphatic heterocycles. The molecule has 0 N–H and O–H groups in total. The molecule has 0 saturated carbocycles. The lowest BCUT2D eigenvalue weighted by Crippen LogP contribution is -2.29. The molecule has 1 saturated heterocycles. The molecule has 3 aromatic carbocycles. The summed E-state index contributed by atoms with van der Waals surface area (Å²) in [6.45, 7) is 4.43. The Morgan fingerprint density at radius 3 is 2.32 bits per heavy atom. The molecular formula is C28H28N2O5S2. The van der Waals surface area contributed by atoms with Gasteiger partial charge in [-0.05, 0) is 72.1 Å². The molecule has 4 rings (SSSR count). The number of methoxy groups -OCH3 is 1. The molecule has 3 aromatic rings. The Morgan fingerprint density at radius 1 is 0.946 bits per heavy atom. The first kappa shape index (κ1) is 26.5. The maximum absolute atomic E-state index is 13.1. The number of benzene rings is 3. The van der Waals surface area contributed by atoms with E-state index in [4.69, 9.17) is 9.47 Å². The smallest absolute Gasteiger partial charge is 0.284 e. The molecule has 37 heavy (non-hydrogen) atoms. The number of hydrogen-bond donors (Lipinski definition) is 0. The van der Waals surface area contributed by atoms with Crippen molar-refractivity contribution < 1.29 is 22.7 Å². The number of ether oxygens (including phenoxy) is 2. The van der Waals surface area contributed by atoms with Crippen LogP contribution in [0.4, 0.5) is 0 Å². The second-order valence-corrected chi connectivity index (χ2v) is 10.8. The summed E-state index contributed by atoms with van der Waals surface area (Å²) in [5.41, 5.74) is 2.76. The first-order valence-electron chi connectivity index (χ1n) is 11.8. The predicted molar refractivity (Wildman–Crippen MR) is 147 cm³/mol. The molecule has 1 fully saturated rings. The van der Waals surface area contributed by atoms with Gasteiger partial charge in [-0.25, -0.2) is 0 Å². The quantitative estimate of drug-likeness (QED) is 0.335. The Hall–Kier alpha value is -3.56. The van der Waals surface area contributed by atoms with Gasteiger partial charge in [-0.3, -0.25) is 9.69 Å². The number of carbonyl (C=O) groups is 1. The second kappa shape index (κ2) is 11.7. The summed E-state index contributed by atoms with van der Waals surface area (Å²) in [6, 6.07) is 21.8. The highest BCUT2D eigenvalue weighted by Gasteiger charge is 2.34. The number of sulfonamides is 1. The van der Waals surface area contributed by atoms with Crippen molar-refractivity contribution in [2.75, 3.05) is 13.7 Å². The number of hydrogen-bond acceptors (Lipinski definition) is 6. The predicted octanol–water partition coefficient (Wildman–Crippen LogP) is 5.52. The van der Waals surface area contributed by atoms with Gasteiger partial charge in [-0.1, -0.05) is 55.5 Å². The van der Waals surface area contributed by atoms with E-state index in [-0.39, 0.29) is 16.0 Å². The van der Waals surface area contributed by atoms with E-state index in [1.54, 1.807) is 56.5 Å². The minimum Gasteiger partial charge on any atom is -0.493 e. The zero-order valence-electron chi connectivity index (χ0n) is 20.9. The van der Waals surface area contributed by atoms with E-state index in [0.29, 0.717) is 29.6 Å². The van der Waals surface area contributed by atoms with Crippen LogP contribution in [0.5, 0.6) is 11.5 Å². The van der Waals surface area contributed by atoms with Crippen LogP contribution in [-0.2, 0) is 27.8 Å². The van der Waals surface area contributed by atoms with Crippen molar-refractivity contribution in [1.29, 1.82) is 0 Å². The molecule has 0 bridgehead atoms. The molecule has 0 atom stereocenters. The van der Waals surface area contributed by atoms with E-state index in [9.17, 15) is 13.2 Å². The average Bonchev–Trinajstić information content (AvgIpc) is 3.20. The van der Waals surface area contributed by atoms with Crippen LogP contribution in [0.25, 0.3) is 6.08 Å². The van der Waals surface area contributed by atoms with Gasteiger partial charge in [-0.15, -0.1) is 4.40 Å². The molecular weight excluding hydrogens is 508 g/mol. The maximum Gasteiger partial charge on any atom is 0.284 e. The van der Waals surface area contributed by atoms with Gasteiger partial charge in [0.2, 0.25) is 0 Å². The standard InChI is InChI=1S/C28H28N2O5S2/c1-4-20-11-14-23(15-12-20)37(32,33)29-28-30(5-2)27(31)26(36-28)18-22-13-16-24(34-3)25(17-22)35-19-21-9-7-6-8-10-21/h6-18H,4-5,19H2,1-3H3/b26-18-,29-28+. The molecule has 0 spiro atoms. The highest BCUT2D eigenvalue weighted by atomic mass is 32.2. The number of aryl methyl sites for hydroxylation is 1. The van der Waals surface area contributed by atoms with E-state index in [0.717, 1.165) is 34.9 Å². The fourth-order valence-electron chi connectivity index (χ4n) is 3.69. The second-order valence-electron chi connectivity index (χ2n) is 8.19. The van der Waals surface area contributed by atoms with Gasteiger partial charge in [-0.2, -0.15) is 8.42 Å². The monoisotopic (exact) mass is 536 g/mol. The van der Waals surface area contributed by atoms with E-state index in [1.165, 1.54) is 4.90 Å². The zero-order valence-corrected chi connectivity index (χ0v) is 22.5. The van der Waals surface area contributed by atoms with Gasteiger partial charge in [0.25, 0.3) is 15.9 Å². The van der Waals surface area contributed by atoms with Crippen molar-refractivity contribution in [1.82, 2.24) is 4.90 Å². The largest absolute Gasteiger partial charge is 0.493 e. The van der Waals surface area contributed by atoms with Crippen LogP contribution in [0.15, 0.2) is 87.0 Å². The van der Waals surface area contributed by atoms with E-state index in [2.05, 4.69) is 4.40 Å². The van der Waals surface area contributed by atoms with Crippen LogP contribution in [0, 0.1) is 0 Å². The molecule has 1 heterocycles. The van der Waals surface area contributed by atoms with Crippen LogP contribution in [0.1, 0.15) is 30.5 Å². The molecule has 1 aliphatic rings. The average molecular weight is 537 g/mol. The molecule has 7 nitrogen and oxygen atoms in total. The van der Waals surface area contributed by atoms with Gasteiger partial charge in [0, 0.05) is 6.54 Å². The molecule has 0 aliphatic carbocycles. The fraction of sp³-hybridized carbons (Fsp3) is 0.214. The lowest BCUT2D eigenvalue weighted by atomic mass is 10.1. The Morgan fingerprint density at radius 2 is 1.68 bits per heavy atom.